The second-order valence-corrected chi connectivity index (χ2v) is 4.96. The van der Waals surface area contributed by atoms with Gasteiger partial charge in [0.25, 0.3) is 0 Å². The molecule has 0 amide bonds. The maximum Gasteiger partial charge on any atom is 0.212 e. The molecular weight excluding hydrogens is 222 g/mol. The average molecular weight is 244 g/mol. The number of hydrogen-bond acceptors (Lipinski definition) is 1. The van der Waals surface area contributed by atoms with Gasteiger partial charge in [-0.1, -0.05) is 18.6 Å². The zero-order valence-corrected chi connectivity index (χ0v) is 11.0. The van der Waals surface area contributed by atoms with Crippen LogP contribution in [0.3, 0.4) is 0 Å². The Labute approximate surface area is 109 Å². The van der Waals surface area contributed by atoms with E-state index in [2.05, 4.69) is 47.2 Å². The Morgan fingerprint density at radius 2 is 1.83 bits per heavy atom. The second kappa shape index (κ2) is 6.50. The van der Waals surface area contributed by atoms with E-state index in [-0.39, 0.29) is 6.10 Å². The van der Waals surface area contributed by atoms with E-state index in [0.717, 1.165) is 19.4 Å². The molecule has 1 heterocycles. The molecule has 0 radical (unpaired) electrons. The van der Waals surface area contributed by atoms with Gasteiger partial charge in [0, 0.05) is 23.9 Å². The normalized spacial score (nSPS) is 12.8. The highest BCUT2D eigenvalue weighted by molar-refractivity contribution is 5.74. The van der Waals surface area contributed by atoms with Crippen molar-refractivity contribution in [2.24, 2.45) is 0 Å². The van der Waals surface area contributed by atoms with Crippen LogP contribution in [0.4, 0.5) is 0 Å². The van der Waals surface area contributed by atoms with E-state index in [9.17, 15) is 5.11 Å². The van der Waals surface area contributed by atoms with Crippen LogP contribution in [0, 0.1) is 0 Å². The van der Waals surface area contributed by atoms with Crippen molar-refractivity contribution >= 4 is 10.9 Å². The average Bonchev–Trinajstić information content (AvgIpc) is 2.38. The van der Waals surface area contributed by atoms with E-state index in [0.29, 0.717) is 0 Å². The number of benzene rings is 1. The summed E-state index contributed by atoms with van der Waals surface area (Å²) in [5.41, 5.74) is 1.30. The minimum Gasteiger partial charge on any atom is -0.393 e. The lowest BCUT2D eigenvalue weighted by atomic mass is 10.1. The van der Waals surface area contributed by atoms with Crippen LogP contribution in [-0.4, -0.2) is 11.2 Å². The summed E-state index contributed by atoms with van der Waals surface area (Å²) in [5, 5.41) is 10.5. The van der Waals surface area contributed by atoms with Crippen molar-refractivity contribution < 1.29 is 9.67 Å². The van der Waals surface area contributed by atoms with Crippen LogP contribution in [0.1, 0.15) is 32.6 Å². The Balaban J connectivity index is 1.91. The van der Waals surface area contributed by atoms with Gasteiger partial charge in [-0.05, 0) is 31.9 Å². The molecule has 0 saturated heterocycles. The summed E-state index contributed by atoms with van der Waals surface area (Å²) < 4.78 is 2.32. The van der Waals surface area contributed by atoms with Crippen molar-refractivity contribution in [3.05, 3.63) is 42.6 Å². The molecule has 1 unspecified atom stereocenters. The Hall–Kier alpha value is -1.41. The lowest BCUT2D eigenvalue weighted by Gasteiger charge is -2.03. The van der Waals surface area contributed by atoms with Crippen molar-refractivity contribution in [3.63, 3.8) is 0 Å². The first-order chi connectivity index (χ1) is 8.77. The number of unbranched alkanes of at least 4 members (excludes halogenated alkanes) is 2. The molecule has 1 aromatic carbocycles. The van der Waals surface area contributed by atoms with Crippen LogP contribution in [0.2, 0.25) is 0 Å². The molecule has 0 fully saturated rings. The predicted octanol–water partition coefficient (Wildman–Crippen LogP) is 3.07. The SMILES string of the molecule is CC(O)CCCCC[n+]1cccc2ccccc21. The second-order valence-electron chi connectivity index (χ2n) is 4.96. The van der Waals surface area contributed by atoms with Crippen LogP contribution in [0.25, 0.3) is 10.9 Å². The van der Waals surface area contributed by atoms with E-state index in [1.54, 1.807) is 0 Å². The minimum atomic E-state index is -0.157. The van der Waals surface area contributed by atoms with Crippen LogP contribution in [-0.2, 0) is 6.54 Å². The van der Waals surface area contributed by atoms with Crippen molar-refractivity contribution in [2.45, 2.75) is 45.3 Å². The Morgan fingerprint density at radius 3 is 2.67 bits per heavy atom. The maximum absolute atomic E-state index is 9.20. The number of pyridine rings is 1. The van der Waals surface area contributed by atoms with Crippen LogP contribution in [0.5, 0.6) is 0 Å². The molecule has 1 aromatic heterocycles. The first-order valence-corrected chi connectivity index (χ1v) is 6.82. The highest BCUT2D eigenvalue weighted by Crippen LogP contribution is 2.09. The van der Waals surface area contributed by atoms with E-state index >= 15 is 0 Å². The summed E-state index contributed by atoms with van der Waals surface area (Å²) in [6.45, 7) is 2.92. The molecule has 2 aromatic rings. The van der Waals surface area contributed by atoms with Gasteiger partial charge in [0.2, 0.25) is 5.52 Å². The highest BCUT2D eigenvalue weighted by atomic mass is 16.3. The molecule has 0 aliphatic heterocycles. The Kier molecular flexibility index (Phi) is 4.71. The fourth-order valence-electron chi connectivity index (χ4n) is 2.31. The van der Waals surface area contributed by atoms with Gasteiger partial charge in [0.15, 0.2) is 6.20 Å². The van der Waals surface area contributed by atoms with Crippen LogP contribution < -0.4 is 4.57 Å². The first-order valence-electron chi connectivity index (χ1n) is 6.82. The van der Waals surface area contributed by atoms with Crippen molar-refractivity contribution in [1.29, 1.82) is 0 Å². The third-order valence-electron chi connectivity index (χ3n) is 3.31. The zero-order chi connectivity index (χ0) is 12.8. The third-order valence-corrected chi connectivity index (χ3v) is 3.31. The molecule has 1 atom stereocenters. The zero-order valence-electron chi connectivity index (χ0n) is 11.0. The number of aromatic nitrogens is 1. The van der Waals surface area contributed by atoms with Crippen molar-refractivity contribution in [1.82, 2.24) is 0 Å². The molecule has 1 N–H and O–H groups in total. The lowest BCUT2D eigenvalue weighted by Crippen LogP contribution is -2.33. The Morgan fingerprint density at radius 1 is 1.06 bits per heavy atom. The minimum absolute atomic E-state index is 0.157. The van der Waals surface area contributed by atoms with Gasteiger partial charge in [-0.3, -0.25) is 0 Å². The van der Waals surface area contributed by atoms with Gasteiger partial charge in [0.05, 0.1) is 6.10 Å². The molecular formula is C16H22NO+. The summed E-state index contributed by atoms with van der Waals surface area (Å²) in [6, 6.07) is 12.8. The fraction of sp³-hybridized carbons (Fsp3) is 0.438. The largest absolute Gasteiger partial charge is 0.393 e. The van der Waals surface area contributed by atoms with Gasteiger partial charge in [-0.25, -0.2) is 0 Å². The van der Waals surface area contributed by atoms with Gasteiger partial charge in [-0.2, -0.15) is 4.57 Å². The molecule has 2 heteroatoms. The number of hydrogen-bond donors (Lipinski definition) is 1. The van der Waals surface area contributed by atoms with E-state index in [4.69, 9.17) is 0 Å². The topological polar surface area (TPSA) is 24.1 Å². The first kappa shape index (κ1) is 13.0. The lowest BCUT2D eigenvalue weighted by molar-refractivity contribution is -0.671. The molecule has 0 aliphatic carbocycles. The van der Waals surface area contributed by atoms with Crippen molar-refractivity contribution in [3.8, 4) is 0 Å². The number of aryl methyl sites for hydroxylation is 1. The summed E-state index contributed by atoms with van der Waals surface area (Å²) >= 11 is 0. The summed E-state index contributed by atoms with van der Waals surface area (Å²) in [6.07, 6.45) is 6.38. The highest BCUT2D eigenvalue weighted by Gasteiger charge is 2.06. The van der Waals surface area contributed by atoms with Crippen LogP contribution in [0.15, 0.2) is 42.6 Å². The number of nitrogens with zero attached hydrogens (tertiary/aromatic N) is 1. The molecule has 2 rings (SSSR count). The molecule has 0 saturated carbocycles. The van der Waals surface area contributed by atoms with Gasteiger partial charge >= 0.3 is 0 Å². The maximum atomic E-state index is 9.20. The molecule has 0 aliphatic rings. The molecule has 2 nitrogen and oxygen atoms in total. The monoisotopic (exact) mass is 244 g/mol. The standard InChI is InChI=1S/C16H22NO/c1-14(18)8-3-2-6-12-17-13-7-10-15-9-4-5-11-16(15)17/h4-5,7,9-11,13-14,18H,2-3,6,8,12H2,1H3/q+1. The fourth-order valence-corrected chi connectivity index (χ4v) is 2.31. The van der Waals surface area contributed by atoms with E-state index < -0.39 is 0 Å². The number of aliphatic hydroxyl groups excluding tert-OH is 1. The smallest absolute Gasteiger partial charge is 0.212 e. The quantitative estimate of drug-likeness (QED) is 0.613. The summed E-state index contributed by atoms with van der Waals surface area (Å²) in [7, 11) is 0. The van der Waals surface area contributed by atoms with Crippen molar-refractivity contribution in [2.75, 3.05) is 0 Å². The molecule has 0 spiro atoms. The molecule has 0 bridgehead atoms. The van der Waals surface area contributed by atoms with Gasteiger partial charge in [0.1, 0.15) is 6.54 Å². The van der Waals surface area contributed by atoms with Crippen LogP contribution >= 0.6 is 0 Å². The molecule has 18 heavy (non-hydrogen) atoms. The van der Waals surface area contributed by atoms with E-state index in [1.807, 2.05) is 6.92 Å². The van der Waals surface area contributed by atoms with E-state index in [1.165, 1.54) is 23.7 Å². The number of fused-ring (bicyclic) bond motifs is 1. The predicted molar refractivity (Wildman–Crippen MR) is 74.3 cm³/mol. The third kappa shape index (κ3) is 3.54. The number of aliphatic hydroxyl groups is 1. The summed E-state index contributed by atoms with van der Waals surface area (Å²) in [4.78, 5) is 0. The number of para-hydroxylation sites is 1. The molecule has 96 valence electrons. The van der Waals surface area contributed by atoms with Gasteiger partial charge in [-0.15, -0.1) is 0 Å². The number of rotatable bonds is 6. The van der Waals surface area contributed by atoms with Gasteiger partial charge < -0.3 is 5.11 Å². The summed E-state index contributed by atoms with van der Waals surface area (Å²) in [5.74, 6) is 0. The Bertz CT molecular complexity index is 488.